The zero-order chi connectivity index (χ0) is 17.4. The second-order valence-corrected chi connectivity index (χ2v) is 6.87. The van der Waals surface area contributed by atoms with Crippen LogP contribution in [-0.4, -0.2) is 15.8 Å². The van der Waals surface area contributed by atoms with Gasteiger partial charge in [0.25, 0.3) is 5.91 Å². The summed E-state index contributed by atoms with van der Waals surface area (Å²) in [4.78, 5) is 18.0. The maximum Gasteiger partial charge on any atom is 0.256 e. The van der Waals surface area contributed by atoms with Crippen LogP contribution in [0.3, 0.4) is 0 Å². The molecule has 25 heavy (non-hydrogen) atoms. The van der Waals surface area contributed by atoms with Crippen molar-refractivity contribution in [2.75, 3.05) is 0 Å². The second kappa shape index (κ2) is 6.17. The van der Waals surface area contributed by atoms with E-state index in [9.17, 15) is 4.79 Å². The number of amides is 1. The fraction of sp³-hybridized carbons (Fsp3) is 0.100. The summed E-state index contributed by atoms with van der Waals surface area (Å²) in [5, 5.41) is 0.623. The van der Waals surface area contributed by atoms with Crippen molar-refractivity contribution < 1.29 is 4.79 Å². The Morgan fingerprint density at radius 2 is 1.68 bits per heavy atom. The quantitative estimate of drug-likeness (QED) is 0.489. The van der Waals surface area contributed by atoms with Gasteiger partial charge in [-0.2, -0.15) is 0 Å². The Kier molecular flexibility index (Phi) is 3.98. The molecule has 1 amide bonds. The van der Waals surface area contributed by atoms with Crippen LogP contribution in [0.5, 0.6) is 0 Å². The van der Waals surface area contributed by atoms with E-state index in [1.54, 1.807) is 23.2 Å². The van der Waals surface area contributed by atoms with E-state index in [4.69, 9.17) is 23.2 Å². The third-order valence-corrected chi connectivity index (χ3v) is 5.28. The normalized spacial score (nSPS) is 19.1. The summed E-state index contributed by atoms with van der Waals surface area (Å²) in [6.07, 6.45) is 1.71. The molecule has 0 aliphatic carbocycles. The smallest absolute Gasteiger partial charge is 0.256 e. The average molecular weight is 369 g/mol. The number of hydrogen-bond donors (Lipinski definition) is 0. The minimum absolute atomic E-state index is 0.105. The highest BCUT2D eigenvalue weighted by molar-refractivity contribution is 6.31. The largest absolute Gasteiger partial charge is 0.306 e. The van der Waals surface area contributed by atoms with Crippen LogP contribution in [0.15, 0.2) is 72.9 Å². The van der Waals surface area contributed by atoms with Gasteiger partial charge in [0.1, 0.15) is 0 Å². The van der Waals surface area contributed by atoms with Gasteiger partial charge in [-0.15, -0.1) is 0 Å². The van der Waals surface area contributed by atoms with E-state index < -0.39 is 5.00 Å². The van der Waals surface area contributed by atoms with E-state index in [-0.39, 0.29) is 5.91 Å². The Bertz CT molecular complexity index is 928. The number of carbonyl (C=O) groups is 1. The first-order valence-electron chi connectivity index (χ1n) is 7.87. The molecule has 3 nitrogen and oxygen atoms in total. The fourth-order valence-electron chi connectivity index (χ4n) is 3.21. The number of pyridine rings is 1. The van der Waals surface area contributed by atoms with E-state index in [0.717, 1.165) is 16.8 Å². The van der Waals surface area contributed by atoms with E-state index in [2.05, 4.69) is 4.98 Å². The summed E-state index contributed by atoms with van der Waals surface area (Å²) in [6.45, 7) is 0.320. The molecule has 1 aliphatic rings. The molecule has 1 aliphatic heterocycles. The Morgan fingerprint density at radius 3 is 2.40 bits per heavy atom. The first-order valence-corrected chi connectivity index (χ1v) is 8.62. The van der Waals surface area contributed by atoms with Crippen molar-refractivity contribution in [1.82, 2.24) is 9.88 Å². The van der Waals surface area contributed by atoms with Gasteiger partial charge >= 0.3 is 0 Å². The molecule has 0 N–H and O–H groups in total. The van der Waals surface area contributed by atoms with E-state index in [1.807, 2.05) is 54.6 Å². The second-order valence-electron chi connectivity index (χ2n) is 5.89. The van der Waals surface area contributed by atoms with Gasteiger partial charge in [-0.3, -0.25) is 9.78 Å². The van der Waals surface area contributed by atoms with Crippen molar-refractivity contribution in [3.8, 4) is 0 Å². The van der Waals surface area contributed by atoms with E-state index >= 15 is 0 Å². The third-order valence-electron chi connectivity index (χ3n) is 4.40. The third kappa shape index (κ3) is 2.60. The molecule has 0 radical (unpaired) electrons. The molecule has 1 aromatic heterocycles. The number of benzene rings is 2. The SMILES string of the molecule is O=C1c2ccccc2C(Cl)(c2ccc(Cl)cc2)N1Cc1ccccn1. The van der Waals surface area contributed by atoms with Crippen LogP contribution in [0.1, 0.15) is 27.2 Å². The Labute approximate surface area is 155 Å². The maximum atomic E-state index is 13.0. The maximum absolute atomic E-state index is 13.0. The van der Waals surface area contributed by atoms with Crippen LogP contribution >= 0.6 is 23.2 Å². The van der Waals surface area contributed by atoms with Crippen LogP contribution in [0.4, 0.5) is 0 Å². The predicted molar refractivity (Wildman–Crippen MR) is 98.6 cm³/mol. The van der Waals surface area contributed by atoms with Crippen LogP contribution < -0.4 is 0 Å². The fourth-order valence-corrected chi connectivity index (χ4v) is 3.76. The summed E-state index contributed by atoms with van der Waals surface area (Å²) < 4.78 is 0. The minimum Gasteiger partial charge on any atom is -0.306 e. The molecule has 0 saturated carbocycles. The van der Waals surface area contributed by atoms with Crippen LogP contribution in [-0.2, 0) is 11.5 Å². The zero-order valence-corrected chi connectivity index (χ0v) is 14.7. The number of rotatable bonds is 3. The minimum atomic E-state index is -1.09. The van der Waals surface area contributed by atoms with Crippen LogP contribution in [0, 0.1) is 0 Å². The lowest BCUT2D eigenvalue weighted by molar-refractivity contribution is 0.0699. The highest BCUT2D eigenvalue weighted by Gasteiger charge is 2.49. The number of alkyl halides is 1. The van der Waals surface area contributed by atoms with Gasteiger partial charge in [0.2, 0.25) is 0 Å². The summed E-state index contributed by atoms with van der Waals surface area (Å²) in [7, 11) is 0. The van der Waals surface area contributed by atoms with Gasteiger partial charge in [0, 0.05) is 22.3 Å². The standard InChI is InChI=1S/C20H14Cl2N2O/c21-15-10-8-14(9-11-15)20(22)18-7-2-1-6-17(18)19(25)24(20)13-16-5-3-4-12-23-16/h1-12H,13H2. The molecular formula is C20H14Cl2N2O. The number of aromatic nitrogens is 1. The highest BCUT2D eigenvalue weighted by atomic mass is 35.5. The van der Waals surface area contributed by atoms with Gasteiger partial charge in [-0.1, -0.05) is 59.6 Å². The Balaban J connectivity index is 1.87. The lowest BCUT2D eigenvalue weighted by atomic mass is 9.97. The molecule has 1 atom stereocenters. The number of fused-ring (bicyclic) bond motifs is 1. The van der Waals surface area contributed by atoms with Crippen LogP contribution in [0.25, 0.3) is 0 Å². The van der Waals surface area contributed by atoms with Crippen molar-refractivity contribution >= 4 is 29.1 Å². The molecule has 1 unspecified atom stereocenters. The van der Waals surface area contributed by atoms with Gasteiger partial charge in [-0.05, 0) is 35.9 Å². The van der Waals surface area contributed by atoms with Crippen LogP contribution in [0.2, 0.25) is 5.02 Å². The van der Waals surface area contributed by atoms with Crippen molar-refractivity contribution in [1.29, 1.82) is 0 Å². The predicted octanol–water partition coefficient (Wildman–Crippen LogP) is 4.83. The molecule has 4 rings (SSSR count). The first-order chi connectivity index (χ1) is 12.1. The Hall–Kier alpha value is -2.36. The molecule has 2 aromatic carbocycles. The van der Waals surface area contributed by atoms with Gasteiger partial charge in [0.05, 0.1) is 12.2 Å². The topological polar surface area (TPSA) is 33.2 Å². The number of nitrogens with zero attached hydrogens (tertiary/aromatic N) is 2. The summed E-state index contributed by atoms with van der Waals surface area (Å²) in [6, 6.07) is 20.4. The molecule has 3 aromatic rings. The molecule has 0 spiro atoms. The molecule has 0 fully saturated rings. The number of halogens is 2. The van der Waals surface area contributed by atoms with Crippen molar-refractivity contribution in [3.05, 3.63) is 100 Å². The monoisotopic (exact) mass is 368 g/mol. The molecule has 0 saturated heterocycles. The van der Waals surface area contributed by atoms with Crippen molar-refractivity contribution in [2.24, 2.45) is 0 Å². The van der Waals surface area contributed by atoms with Gasteiger partial charge < -0.3 is 4.90 Å². The average Bonchev–Trinajstić information content (AvgIpc) is 2.86. The van der Waals surface area contributed by atoms with E-state index in [1.165, 1.54) is 0 Å². The van der Waals surface area contributed by atoms with E-state index in [0.29, 0.717) is 17.1 Å². The zero-order valence-electron chi connectivity index (χ0n) is 13.2. The first kappa shape index (κ1) is 16.1. The summed E-state index contributed by atoms with van der Waals surface area (Å²) in [5.41, 5.74) is 2.97. The van der Waals surface area contributed by atoms with Gasteiger partial charge in [-0.25, -0.2) is 0 Å². The number of hydrogen-bond acceptors (Lipinski definition) is 2. The summed E-state index contributed by atoms with van der Waals surface area (Å²) in [5.74, 6) is -0.105. The molecule has 2 heterocycles. The molecular weight excluding hydrogens is 355 g/mol. The lowest BCUT2D eigenvalue weighted by Crippen LogP contribution is -2.40. The highest BCUT2D eigenvalue weighted by Crippen LogP contribution is 2.48. The molecule has 124 valence electrons. The lowest BCUT2D eigenvalue weighted by Gasteiger charge is -2.34. The number of carbonyl (C=O) groups excluding carboxylic acids is 1. The Morgan fingerprint density at radius 1 is 0.960 bits per heavy atom. The summed E-state index contributed by atoms with van der Waals surface area (Å²) >= 11 is 13.1. The van der Waals surface area contributed by atoms with Gasteiger partial charge in [0.15, 0.2) is 5.00 Å². The van der Waals surface area contributed by atoms with Crippen molar-refractivity contribution in [2.45, 2.75) is 11.5 Å². The molecule has 0 bridgehead atoms. The van der Waals surface area contributed by atoms with Crippen molar-refractivity contribution in [3.63, 3.8) is 0 Å². The molecule has 5 heteroatoms.